The van der Waals surface area contributed by atoms with Gasteiger partial charge in [-0.2, -0.15) is 5.06 Å². The van der Waals surface area contributed by atoms with Crippen molar-refractivity contribution in [3.8, 4) is 0 Å². The number of benzene rings is 1. The van der Waals surface area contributed by atoms with Crippen LogP contribution in [0, 0.1) is 5.41 Å². The molecule has 0 aromatic heterocycles. The molecule has 1 aromatic carbocycles. The molecule has 0 bridgehead atoms. The number of carbonyl (C=O) groups is 1. The third-order valence-corrected chi connectivity index (χ3v) is 5.86. The number of ether oxygens (including phenoxy) is 2. The number of hydroxylamine groups is 2. The maximum absolute atomic E-state index is 11.5. The molecular formula is C22H33NO5. The second-order valence-corrected chi connectivity index (χ2v) is 9.78. The minimum atomic E-state index is -1.00. The molecule has 2 heterocycles. The zero-order chi connectivity index (χ0) is 20.8. The molecule has 2 fully saturated rings. The molecule has 2 aliphatic heterocycles. The van der Waals surface area contributed by atoms with E-state index in [1.54, 1.807) is 6.92 Å². The van der Waals surface area contributed by atoms with E-state index in [9.17, 15) is 9.90 Å². The molecule has 6 nitrogen and oxygen atoms in total. The summed E-state index contributed by atoms with van der Waals surface area (Å²) in [5.41, 5.74) is -0.602. The summed E-state index contributed by atoms with van der Waals surface area (Å²) in [4.78, 5) is 18.0. The molecule has 156 valence electrons. The molecule has 1 unspecified atom stereocenters. The van der Waals surface area contributed by atoms with E-state index in [1.165, 1.54) is 0 Å². The molecule has 1 spiro atoms. The lowest BCUT2D eigenvalue weighted by molar-refractivity contribution is -0.386. The zero-order valence-corrected chi connectivity index (χ0v) is 17.8. The van der Waals surface area contributed by atoms with Crippen molar-refractivity contribution in [3.63, 3.8) is 0 Å². The highest BCUT2D eigenvalue weighted by molar-refractivity contribution is 5.74. The van der Waals surface area contributed by atoms with E-state index in [4.69, 9.17) is 14.3 Å². The molecule has 2 saturated heterocycles. The first kappa shape index (κ1) is 21.2. The highest BCUT2D eigenvalue weighted by Crippen LogP contribution is 2.49. The van der Waals surface area contributed by atoms with E-state index < -0.39 is 17.2 Å². The molecular weight excluding hydrogens is 358 g/mol. The van der Waals surface area contributed by atoms with Crippen LogP contribution in [0.5, 0.6) is 0 Å². The average molecular weight is 392 g/mol. The summed E-state index contributed by atoms with van der Waals surface area (Å²) in [6.45, 7) is 12.5. The molecule has 3 rings (SSSR count). The Hall–Kier alpha value is -1.47. The molecule has 2 aliphatic rings. The van der Waals surface area contributed by atoms with Gasteiger partial charge in [0.25, 0.3) is 0 Å². The van der Waals surface area contributed by atoms with Crippen LogP contribution in [0.25, 0.3) is 0 Å². The van der Waals surface area contributed by atoms with Crippen molar-refractivity contribution in [1.29, 1.82) is 0 Å². The van der Waals surface area contributed by atoms with E-state index in [0.29, 0.717) is 12.8 Å². The van der Waals surface area contributed by atoms with Crippen LogP contribution in [0.2, 0.25) is 0 Å². The van der Waals surface area contributed by atoms with Crippen molar-refractivity contribution in [2.75, 3.05) is 13.2 Å². The number of hydrogen-bond donors (Lipinski definition) is 1. The predicted molar refractivity (Wildman–Crippen MR) is 106 cm³/mol. The minimum absolute atomic E-state index is 0.0858. The van der Waals surface area contributed by atoms with E-state index in [2.05, 4.69) is 51.8 Å². The molecule has 1 aromatic rings. The maximum Gasteiger partial charge on any atom is 0.314 e. The Labute approximate surface area is 167 Å². The minimum Gasteiger partial charge on any atom is -0.481 e. The van der Waals surface area contributed by atoms with Crippen molar-refractivity contribution < 1.29 is 24.2 Å². The fraction of sp³-hybridized carbons (Fsp3) is 0.682. The van der Waals surface area contributed by atoms with Gasteiger partial charge < -0.3 is 14.6 Å². The third kappa shape index (κ3) is 3.96. The van der Waals surface area contributed by atoms with Crippen molar-refractivity contribution in [2.45, 2.75) is 77.4 Å². The zero-order valence-electron chi connectivity index (χ0n) is 17.8. The smallest absolute Gasteiger partial charge is 0.314 e. The number of piperidine rings is 1. The molecule has 1 atom stereocenters. The van der Waals surface area contributed by atoms with Crippen molar-refractivity contribution >= 4 is 5.97 Å². The Morgan fingerprint density at radius 1 is 1.04 bits per heavy atom. The van der Waals surface area contributed by atoms with Gasteiger partial charge in [0.2, 0.25) is 0 Å². The van der Waals surface area contributed by atoms with Crippen molar-refractivity contribution in [1.82, 2.24) is 5.06 Å². The molecule has 28 heavy (non-hydrogen) atoms. The van der Waals surface area contributed by atoms with Crippen LogP contribution < -0.4 is 0 Å². The van der Waals surface area contributed by atoms with E-state index in [1.807, 2.05) is 18.2 Å². The van der Waals surface area contributed by atoms with Gasteiger partial charge in [-0.05, 0) is 47.1 Å². The van der Waals surface area contributed by atoms with Gasteiger partial charge in [0.15, 0.2) is 5.79 Å². The molecule has 0 radical (unpaired) electrons. The van der Waals surface area contributed by atoms with Crippen LogP contribution in [0.1, 0.15) is 66.1 Å². The summed E-state index contributed by atoms with van der Waals surface area (Å²) in [5.74, 6) is -1.68. The summed E-state index contributed by atoms with van der Waals surface area (Å²) in [5, 5.41) is 11.5. The number of hydrogen-bond acceptors (Lipinski definition) is 5. The molecule has 1 N–H and O–H groups in total. The fourth-order valence-corrected chi connectivity index (χ4v) is 4.56. The van der Waals surface area contributed by atoms with Gasteiger partial charge in [0.05, 0.1) is 13.2 Å². The largest absolute Gasteiger partial charge is 0.481 e. The van der Waals surface area contributed by atoms with Crippen molar-refractivity contribution in [2.24, 2.45) is 5.41 Å². The predicted octanol–water partition coefficient (Wildman–Crippen LogP) is 4.17. The van der Waals surface area contributed by atoms with E-state index in [-0.39, 0.29) is 30.4 Å². The van der Waals surface area contributed by atoms with Crippen LogP contribution in [-0.2, 0) is 19.1 Å². The van der Waals surface area contributed by atoms with Crippen LogP contribution in [0.15, 0.2) is 30.3 Å². The maximum atomic E-state index is 11.5. The normalized spacial score (nSPS) is 26.6. The monoisotopic (exact) mass is 391 g/mol. The Morgan fingerprint density at radius 2 is 1.54 bits per heavy atom. The van der Waals surface area contributed by atoms with E-state index >= 15 is 0 Å². The quantitative estimate of drug-likeness (QED) is 0.831. The number of nitrogens with zero attached hydrogens (tertiary/aromatic N) is 1. The molecule has 0 saturated carbocycles. The molecule has 0 aliphatic carbocycles. The number of aliphatic carboxylic acids is 1. The number of rotatable bonds is 4. The van der Waals surface area contributed by atoms with Gasteiger partial charge in [0.1, 0.15) is 11.5 Å². The van der Waals surface area contributed by atoms with Crippen LogP contribution in [0.4, 0.5) is 0 Å². The van der Waals surface area contributed by atoms with Crippen LogP contribution in [-0.4, -0.2) is 46.2 Å². The first-order chi connectivity index (χ1) is 12.9. The summed E-state index contributed by atoms with van der Waals surface area (Å²) in [6, 6.07) is 10.2. The van der Waals surface area contributed by atoms with E-state index in [0.717, 1.165) is 5.56 Å². The lowest BCUT2D eigenvalue weighted by Crippen LogP contribution is -2.68. The number of carboxylic acids is 1. The summed E-state index contributed by atoms with van der Waals surface area (Å²) in [7, 11) is 0. The summed E-state index contributed by atoms with van der Waals surface area (Å²) < 4.78 is 12.2. The second-order valence-electron chi connectivity index (χ2n) is 9.78. The standard InChI is InChI=1S/C22H33NO5/c1-16(17-10-8-7-9-11-17)28-23-19(2,3)12-22(13-20(23,4)5)26-14-21(6,15-27-22)18(24)25/h7-11,16H,12-15H2,1-6H3,(H,24,25). The van der Waals surface area contributed by atoms with Gasteiger partial charge in [-0.1, -0.05) is 30.3 Å². The second kappa shape index (κ2) is 7.10. The SMILES string of the molecule is CC(ON1C(C)(C)CC2(CC1(C)C)OCC(C)(C(=O)O)CO2)c1ccccc1. The topological polar surface area (TPSA) is 68.2 Å². The summed E-state index contributed by atoms with van der Waals surface area (Å²) in [6.07, 6.45) is 1.11. The molecule has 0 amide bonds. The highest BCUT2D eigenvalue weighted by Gasteiger charge is 2.58. The van der Waals surface area contributed by atoms with Gasteiger partial charge in [-0.15, -0.1) is 0 Å². The lowest BCUT2D eigenvalue weighted by Gasteiger charge is -2.59. The third-order valence-electron chi connectivity index (χ3n) is 5.86. The lowest BCUT2D eigenvalue weighted by atomic mass is 9.77. The van der Waals surface area contributed by atoms with Gasteiger partial charge >= 0.3 is 5.97 Å². The Kier molecular flexibility index (Phi) is 5.38. The average Bonchev–Trinajstić information content (AvgIpc) is 2.61. The van der Waals surface area contributed by atoms with Crippen molar-refractivity contribution in [3.05, 3.63) is 35.9 Å². The Bertz CT molecular complexity index is 687. The summed E-state index contributed by atoms with van der Waals surface area (Å²) >= 11 is 0. The first-order valence-corrected chi connectivity index (χ1v) is 9.93. The van der Waals surface area contributed by atoms with Gasteiger partial charge in [0, 0.05) is 23.9 Å². The van der Waals surface area contributed by atoms with Gasteiger partial charge in [-0.3, -0.25) is 9.63 Å². The van der Waals surface area contributed by atoms with Crippen LogP contribution >= 0.6 is 0 Å². The number of carboxylic acid groups (broad SMARTS) is 1. The Balaban J connectivity index is 1.78. The Morgan fingerprint density at radius 3 is 2.00 bits per heavy atom. The fourth-order valence-electron chi connectivity index (χ4n) is 4.56. The molecule has 6 heteroatoms. The first-order valence-electron chi connectivity index (χ1n) is 9.93. The van der Waals surface area contributed by atoms with Gasteiger partial charge in [-0.25, -0.2) is 0 Å². The highest BCUT2D eigenvalue weighted by atomic mass is 16.7. The van der Waals surface area contributed by atoms with Crippen LogP contribution in [0.3, 0.4) is 0 Å².